The van der Waals surface area contributed by atoms with E-state index >= 15 is 0 Å². The molecule has 1 saturated heterocycles. The molecule has 1 fully saturated rings. The first-order valence-electron chi connectivity index (χ1n) is 8.21. The quantitative estimate of drug-likeness (QED) is 0.846. The van der Waals surface area contributed by atoms with E-state index in [1.807, 2.05) is 49.1 Å². The second-order valence-electron chi connectivity index (χ2n) is 6.48. The third kappa shape index (κ3) is 3.47. The van der Waals surface area contributed by atoms with Crippen molar-refractivity contribution in [3.8, 4) is 0 Å². The molecule has 1 amide bonds. The summed E-state index contributed by atoms with van der Waals surface area (Å²) in [5.74, 6) is 1.13. The third-order valence-corrected chi connectivity index (χ3v) is 5.44. The molecule has 2 aromatic rings. The van der Waals surface area contributed by atoms with Crippen molar-refractivity contribution >= 4 is 23.2 Å². The number of rotatable bonds is 4. The maximum Gasteiger partial charge on any atom is 0.264 e. The van der Waals surface area contributed by atoms with Crippen molar-refractivity contribution in [2.75, 3.05) is 45.2 Å². The first-order chi connectivity index (χ1) is 11.5. The molecule has 1 aliphatic rings. The van der Waals surface area contributed by atoms with Gasteiger partial charge in [0.05, 0.1) is 16.8 Å². The van der Waals surface area contributed by atoms with Crippen LogP contribution in [0.25, 0.3) is 0 Å². The minimum Gasteiger partial charge on any atom is -0.348 e. The zero-order valence-electron chi connectivity index (χ0n) is 14.8. The smallest absolute Gasteiger partial charge is 0.264 e. The first kappa shape index (κ1) is 17.0. The molecule has 0 aromatic carbocycles. The van der Waals surface area contributed by atoms with Crippen molar-refractivity contribution in [2.45, 2.75) is 13.5 Å². The molecule has 3 heterocycles. The van der Waals surface area contributed by atoms with Gasteiger partial charge in [-0.05, 0) is 19.1 Å². The fourth-order valence-corrected chi connectivity index (χ4v) is 3.88. The average molecular weight is 347 g/mol. The van der Waals surface area contributed by atoms with Crippen LogP contribution in [0.2, 0.25) is 0 Å². The van der Waals surface area contributed by atoms with Crippen molar-refractivity contribution < 1.29 is 4.79 Å². The first-order valence-corrected chi connectivity index (χ1v) is 9.03. The Bertz CT molecular complexity index is 712. The molecular formula is C17H25N5OS. The van der Waals surface area contributed by atoms with Gasteiger partial charge >= 0.3 is 0 Å². The Labute approximate surface area is 147 Å². The van der Waals surface area contributed by atoms with Gasteiger partial charge in [-0.25, -0.2) is 4.98 Å². The van der Waals surface area contributed by atoms with Gasteiger partial charge in [-0.1, -0.05) is 0 Å². The number of piperazine rings is 1. The van der Waals surface area contributed by atoms with E-state index in [0.717, 1.165) is 43.5 Å². The highest BCUT2D eigenvalue weighted by Crippen LogP contribution is 2.19. The molecular weight excluding hydrogens is 322 g/mol. The molecule has 24 heavy (non-hydrogen) atoms. The van der Waals surface area contributed by atoms with Crippen molar-refractivity contribution in [2.24, 2.45) is 7.05 Å². The summed E-state index contributed by atoms with van der Waals surface area (Å²) in [6.07, 6.45) is 1.95. The van der Waals surface area contributed by atoms with Crippen LogP contribution < -0.4 is 4.90 Å². The molecule has 2 aromatic heterocycles. The van der Waals surface area contributed by atoms with Gasteiger partial charge in [0.15, 0.2) is 0 Å². The number of imidazole rings is 1. The fourth-order valence-electron chi connectivity index (χ4n) is 3.04. The van der Waals surface area contributed by atoms with Crippen LogP contribution in [0, 0.1) is 6.92 Å². The minimum atomic E-state index is 0.170. The largest absolute Gasteiger partial charge is 0.348 e. The van der Waals surface area contributed by atoms with Gasteiger partial charge in [0.2, 0.25) is 5.95 Å². The van der Waals surface area contributed by atoms with Gasteiger partial charge in [0.25, 0.3) is 5.91 Å². The van der Waals surface area contributed by atoms with E-state index in [9.17, 15) is 4.79 Å². The van der Waals surface area contributed by atoms with Gasteiger partial charge in [0.1, 0.15) is 0 Å². The van der Waals surface area contributed by atoms with Crippen molar-refractivity contribution in [3.63, 3.8) is 0 Å². The zero-order valence-corrected chi connectivity index (χ0v) is 15.6. The number of nitrogens with zero attached hydrogens (tertiary/aromatic N) is 5. The van der Waals surface area contributed by atoms with E-state index in [0.29, 0.717) is 0 Å². The van der Waals surface area contributed by atoms with E-state index in [2.05, 4.69) is 21.5 Å². The Hall–Kier alpha value is -1.86. The van der Waals surface area contributed by atoms with E-state index in [-0.39, 0.29) is 5.91 Å². The molecule has 0 bridgehead atoms. The van der Waals surface area contributed by atoms with Gasteiger partial charge in [-0.15, -0.1) is 11.3 Å². The summed E-state index contributed by atoms with van der Waals surface area (Å²) < 4.78 is 2.13. The topological polar surface area (TPSA) is 44.6 Å². The van der Waals surface area contributed by atoms with E-state index in [4.69, 9.17) is 0 Å². The Balaban J connectivity index is 1.56. The van der Waals surface area contributed by atoms with Crippen LogP contribution >= 0.6 is 11.3 Å². The standard InChI is InChI=1S/C17H25N5OS/c1-13-5-6-15(24-13)16(23)22-9-7-21(8-10-22)12-14-11-18-17(19(2)3)20(14)4/h5-6,11H,7-10,12H2,1-4H3. The van der Waals surface area contributed by atoms with Crippen molar-refractivity contribution in [1.29, 1.82) is 0 Å². The molecule has 0 saturated carbocycles. The van der Waals surface area contributed by atoms with Crippen LogP contribution in [0.4, 0.5) is 5.95 Å². The Morgan fingerprint density at radius 3 is 2.50 bits per heavy atom. The summed E-state index contributed by atoms with van der Waals surface area (Å²) >= 11 is 1.58. The zero-order chi connectivity index (χ0) is 17.3. The van der Waals surface area contributed by atoms with E-state index < -0.39 is 0 Å². The van der Waals surface area contributed by atoms with Gasteiger partial charge in [-0.2, -0.15) is 0 Å². The van der Waals surface area contributed by atoms with Crippen LogP contribution in [-0.2, 0) is 13.6 Å². The van der Waals surface area contributed by atoms with Crippen LogP contribution in [0.15, 0.2) is 18.3 Å². The lowest BCUT2D eigenvalue weighted by Gasteiger charge is -2.34. The maximum absolute atomic E-state index is 12.5. The van der Waals surface area contributed by atoms with E-state index in [1.54, 1.807) is 11.3 Å². The molecule has 7 heteroatoms. The van der Waals surface area contributed by atoms with Gasteiger partial charge in [-0.3, -0.25) is 9.69 Å². The number of hydrogen-bond donors (Lipinski definition) is 0. The predicted octanol–water partition coefficient (Wildman–Crippen LogP) is 1.81. The number of aryl methyl sites for hydroxylation is 1. The Kier molecular flexibility index (Phi) is 4.91. The van der Waals surface area contributed by atoms with Crippen LogP contribution in [0.5, 0.6) is 0 Å². The Morgan fingerprint density at radius 2 is 1.96 bits per heavy atom. The molecule has 1 aliphatic heterocycles. The lowest BCUT2D eigenvalue weighted by atomic mass is 10.2. The fraction of sp³-hybridized carbons (Fsp3) is 0.529. The number of carbonyl (C=O) groups excluding carboxylic acids is 1. The highest BCUT2D eigenvalue weighted by molar-refractivity contribution is 7.13. The number of hydrogen-bond acceptors (Lipinski definition) is 5. The SMILES string of the molecule is Cc1ccc(C(=O)N2CCN(Cc3cnc(N(C)C)n3C)CC2)s1. The molecule has 0 atom stereocenters. The predicted molar refractivity (Wildman–Crippen MR) is 97.8 cm³/mol. The summed E-state index contributed by atoms with van der Waals surface area (Å²) in [6.45, 7) is 6.28. The number of thiophene rings is 1. The number of amides is 1. The molecule has 0 radical (unpaired) electrons. The highest BCUT2D eigenvalue weighted by atomic mass is 32.1. The summed E-state index contributed by atoms with van der Waals surface area (Å²) in [7, 11) is 6.06. The molecule has 0 aliphatic carbocycles. The van der Waals surface area contributed by atoms with Crippen LogP contribution in [0.3, 0.4) is 0 Å². The Morgan fingerprint density at radius 1 is 1.25 bits per heavy atom. The number of carbonyl (C=O) groups is 1. The maximum atomic E-state index is 12.5. The average Bonchev–Trinajstić information content (AvgIpc) is 3.14. The van der Waals surface area contributed by atoms with E-state index in [1.165, 1.54) is 10.6 Å². The third-order valence-electron chi connectivity index (χ3n) is 4.46. The monoisotopic (exact) mass is 347 g/mol. The molecule has 0 unspecified atom stereocenters. The normalized spacial score (nSPS) is 15.8. The van der Waals surface area contributed by atoms with Gasteiger partial charge < -0.3 is 14.4 Å². The van der Waals surface area contributed by atoms with Crippen molar-refractivity contribution in [3.05, 3.63) is 33.8 Å². The summed E-state index contributed by atoms with van der Waals surface area (Å²) in [5.41, 5.74) is 1.20. The lowest BCUT2D eigenvalue weighted by molar-refractivity contribution is 0.0630. The molecule has 6 nitrogen and oxygen atoms in total. The molecule has 130 valence electrons. The van der Waals surface area contributed by atoms with Gasteiger partial charge in [0, 0.05) is 58.7 Å². The molecule has 0 spiro atoms. The lowest BCUT2D eigenvalue weighted by Crippen LogP contribution is -2.48. The number of aromatic nitrogens is 2. The second kappa shape index (κ2) is 6.94. The molecule has 3 rings (SSSR count). The summed E-state index contributed by atoms with van der Waals surface area (Å²) in [6, 6.07) is 3.95. The second-order valence-corrected chi connectivity index (χ2v) is 7.77. The van der Waals surface area contributed by atoms with Crippen LogP contribution in [-0.4, -0.2) is 65.5 Å². The minimum absolute atomic E-state index is 0.170. The summed E-state index contributed by atoms with van der Waals surface area (Å²) in [5, 5.41) is 0. The highest BCUT2D eigenvalue weighted by Gasteiger charge is 2.23. The number of anilines is 1. The van der Waals surface area contributed by atoms with Crippen molar-refractivity contribution in [1.82, 2.24) is 19.4 Å². The van der Waals surface area contributed by atoms with Crippen LogP contribution in [0.1, 0.15) is 20.2 Å². The summed E-state index contributed by atoms with van der Waals surface area (Å²) in [4.78, 5) is 25.4. The molecule has 0 N–H and O–H groups in total.